The lowest BCUT2D eigenvalue weighted by Crippen LogP contribution is -2.44. The summed E-state index contributed by atoms with van der Waals surface area (Å²) in [6, 6.07) is 11.6. The van der Waals surface area contributed by atoms with Gasteiger partial charge < -0.3 is 15.1 Å². The van der Waals surface area contributed by atoms with E-state index < -0.39 is 0 Å². The Balaban J connectivity index is 1.71. The van der Waals surface area contributed by atoms with Crippen molar-refractivity contribution in [3.63, 3.8) is 0 Å². The van der Waals surface area contributed by atoms with E-state index in [1.807, 2.05) is 43.3 Å². The zero-order valence-electron chi connectivity index (χ0n) is 13.6. The molecule has 1 amide bonds. The number of carbonyl (C=O) groups is 1. The van der Waals surface area contributed by atoms with Crippen molar-refractivity contribution in [3.05, 3.63) is 53.9 Å². The van der Waals surface area contributed by atoms with Crippen molar-refractivity contribution in [2.45, 2.75) is 6.92 Å². The van der Waals surface area contributed by atoms with Gasteiger partial charge >= 0.3 is 0 Å². The quantitative estimate of drug-likeness (QED) is 0.946. The number of anilines is 2. The molecular weight excluding hydrogens is 288 g/mol. The van der Waals surface area contributed by atoms with E-state index in [0.717, 1.165) is 43.1 Å². The first-order valence-electron chi connectivity index (χ1n) is 7.89. The van der Waals surface area contributed by atoms with Crippen LogP contribution >= 0.6 is 0 Å². The molecule has 0 saturated carbocycles. The molecule has 1 aromatic carbocycles. The van der Waals surface area contributed by atoms with Gasteiger partial charge in [-0.2, -0.15) is 0 Å². The minimum absolute atomic E-state index is 0.176. The molecule has 0 atom stereocenters. The summed E-state index contributed by atoms with van der Waals surface area (Å²) in [5.41, 5.74) is 3.45. The second-order valence-electron chi connectivity index (χ2n) is 6.01. The van der Waals surface area contributed by atoms with Gasteiger partial charge in [-0.15, -0.1) is 0 Å². The standard InChI is InChI=1S/C18H22N4O/c1-14-3-5-15(6-4-14)20-18(23)17-13-16(7-8-19-17)22-11-9-21(2)10-12-22/h3-8,13H,9-12H2,1-2H3,(H,20,23). The Kier molecular flexibility index (Phi) is 4.57. The van der Waals surface area contributed by atoms with Gasteiger partial charge in [-0.3, -0.25) is 9.78 Å². The number of benzene rings is 1. The summed E-state index contributed by atoms with van der Waals surface area (Å²) in [5.74, 6) is -0.176. The third-order valence-corrected chi connectivity index (χ3v) is 4.15. The number of hydrogen-bond donors (Lipinski definition) is 1. The Hall–Kier alpha value is -2.40. The Morgan fingerprint density at radius 2 is 1.78 bits per heavy atom. The summed E-state index contributed by atoms with van der Waals surface area (Å²) in [6.45, 7) is 6.03. The normalized spacial score (nSPS) is 15.5. The maximum absolute atomic E-state index is 12.4. The minimum atomic E-state index is -0.176. The molecule has 120 valence electrons. The second kappa shape index (κ2) is 6.79. The number of amides is 1. The van der Waals surface area contributed by atoms with Crippen molar-refractivity contribution < 1.29 is 4.79 Å². The third-order valence-electron chi connectivity index (χ3n) is 4.15. The number of nitrogens with one attached hydrogen (secondary N) is 1. The van der Waals surface area contributed by atoms with Crippen LogP contribution < -0.4 is 10.2 Å². The van der Waals surface area contributed by atoms with E-state index in [-0.39, 0.29) is 5.91 Å². The molecule has 0 unspecified atom stereocenters. The number of aryl methyl sites for hydroxylation is 1. The molecule has 5 nitrogen and oxygen atoms in total. The van der Waals surface area contributed by atoms with Crippen LogP contribution in [0.5, 0.6) is 0 Å². The summed E-state index contributed by atoms with van der Waals surface area (Å²) in [6.07, 6.45) is 1.71. The van der Waals surface area contributed by atoms with Crippen LogP contribution in [-0.4, -0.2) is 49.0 Å². The van der Waals surface area contributed by atoms with Crippen LogP contribution in [0.15, 0.2) is 42.6 Å². The molecule has 1 fully saturated rings. The van der Waals surface area contributed by atoms with Gasteiger partial charge in [0.05, 0.1) is 0 Å². The number of piperazine rings is 1. The van der Waals surface area contributed by atoms with Gasteiger partial charge in [0.25, 0.3) is 5.91 Å². The first-order valence-corrected chi connectivity index (χ1v) is 7.89. The Morgan fingerprint density at radius 1 is 1.09 bits per heavy atom. The van der Waals surface area contributed by atoms with Crippen LogP contribution in [0.2, 0.25) is 0 Å². The van der Waals surface area contributed by atoms with Crippen LogP contribution in [0, 0.1) is 6.92 Å². The zero-order valence-corrected chi connectivity index (χ0v) is 13.6. The van der Waals surface area contributed by atoms with E-state index in [9.17, 15) is 4.79 Å². The van der Waals surface area contributed by atoms with E-state index >= 15 is 0 Å². The molecule has 0 spiro atoms. The van der Waals surface area contributed by atoms with Crippen LogP contribution in [0.4, 0.5) is 11.4 Å². The molecule has 3 rings (SSSR count). The van der Waals surface area contributed by atoms with Crippen LogP contribution in [0.3, 0.4) is 0 Å². The maximum Gasteiger partial charge on any atom is 0.274 e. The molecule has 1 aromatic heterocycles. The Morgan fingerprint density at radius 3 is 2.48 bits per heavy atom. The lowest BCUT2D eigenvalue weighted by Gasteiger charge is -2.34. The average Bonchev–Trinajstić information content (AvgIpc) is 2.58. The summed E-state index contributed by atoms with van der Waals surface area (Å²) < 4.78 is 0. The van der Waals surface area contributed by atoms with Gasteiger partial charge in [0.2, 0.25) is 0 Å². The van der Waals surface area contributed by atoms with Crippen LogP contribution in [-0.2, 0) is 0 Å². The smallest absolute Gasteiger partial charge is 0.274 e. The number of rotatable bonds is 3. The van der Waals surface area contributed by atoms with Crippen LogP contribution in [0.1, 0.15) is 16.1 Å². The molecule has 2 heterocycles. The van der Waals surface area contributed by atoms with Crippen molar-refractivity contribution in [1.82, 2.24) is 9.88 Å². The van der Waals surface area contributed by atoms with Crippen molar-refractivity contribution >= 4 is 17.3 Å². The lowest BCUT2D eigenvalue weighted by atomic mass is 10.2. The molecule has 1 N–H and O–H groups in total. The van der Waals surface area contributed by atoms with E-state index in [4.69, 9.17) is 0 Å². The molecule has 5 heteroatoms. The first kappa shape index (κ1) is 15.5. The fourth-order valence-electron chi connectivity index (χ4n) is 2.64. The monoisotopic (exact) mass is 310 g/mol. The van der Waals surface area contributed by atoms with Crippen LogP contribution in [0.25, 0.3) is 0 Å². The van der Waals surface area contributed by atoms with Gasteiger partial charge in [0.1, 0.15) is 5.69 Å². The molecule has 2 aromatic rings. The second-order valence-corrected chi connectivity index (χ2v) is 6.01. The van der Waals surface area contributed by atoms with Crippen molar-refractivity contribution in [2.75, 3.05) is 43.4 Å². The average molecular weight is 310 g/mol. The highest BCUT2D eigenvalue weighted by Gasteiger charge is 2.16. The number of pyridine rings is 1. The Bertz CT molecular complexity index is 676. The van der Waals surface area contributed by atoms with Gasteiger partial charge in [-0.05, 0) is 38.2 Å². The molecule has 1 saturated heterocycles. The molecule has 0 radical (unpaired) electrons. The topological polar surface area (TPSA) is 48.5 Å². The maximum atomic E-state index is 12.4. The molecule has 23 heavy (non-hydrogen) atoms. The highest BCUT2D eigenvalue weighted by Crippen LogP contribution is 2.17. The fraction of sp³-hybridized carbons (Fsp3) is 0.333. The third kappa shape index (κ3) is 3.87. The summed E-state index contributed by atoms with van der Waals surface area (Å²) in [7, 11) is 2.13. The van der Waals surface area contributed by atoms with Gasteiger partial charge in [0, 0.05) is 43.8 Å². The zero-order chi connectivity index (χ0) is 16.2. The summed E-state index contributed by atoms with van der Waals surface area (Å²) >= 11 is 0. The molecular formula is C18H22N4O. The molecule has 0 bridgehead atoms. The molecule has 0 aliphatic carbocycles. The largest absolute Gasteiger partial charge is 0.369 e. The van der Waals surface area contributed by atoms with Gasteiger partial charge in [-0.1, -0.05) is 17.7 Å². The van der Waals surface area contributed by atoms with E-state index in [1.54, 1.807) is 6.20 Å². The lowest BCUT2D eigenvalue weighted by molar-refractivity contribution is 0.102. The first-order chi connectivity index (χ1) is 11.1. The number of hydrogen-bond acceptors (Lipinski definition) is 4. The number of carbonyl (C=O) groups excluding carboxylic acids is 1. The predicted molar refractivity (Wildman–Crippen MR) is 93.1 cm³/mol. The highest BCUT2D eigenvalue weighted by atomic mass is 16.1. The SMILES string of the molecule is Cc1ccc(NC(=O)c2cc(N3CCN(C)CC3)ccn2)cc1. The number of likely N-dealkylation sites (N-methyl/N-ethyl adjacent to an activating group) is 1. The minimum Gasteiger partial charge on any atom is -0.369 e. The van der Waals surface area contributed by atoms with Crippen molar-refractivity contribution in [1.29, 1.82) is 0 Å². The van der Waals surface area contributed by atoms with Gasteiger partial charge in [0.15, 0.2) is 0 Å². The van der Waals surface area contributed by atoms with E-state index in [1.165, 1.54) is 0 Å². The number of nitrogens with zero attached hydrogens (tertiary/aromatic N) is 3. The highest BCUT2D eigenvalue weighted by molar-refractivity contribution is 6.03. The number of aromatic nitrogens is 1. The van der Waals surface area contributed by atoms with Gasteiger partial charge in [-0.25, -0.2) is 0 Å². The van der Waals surface area contributed by atoms with Crippen molar-refractivity contribution in [3.8, 4) is 0 Å². The summed E-state index contributed by atoms with van der Waals surface area (Å²) in [5, 5.41) is 2.89. The fourth-order valence-corrected chi connectivity index (χ4v) is 2.64. The van der Waals surface area contributed by atoms with E-state index in [0.29, 0.717) is 5.69 Å². The Labute approximate surface area is 136 Å². The summed E-state index contributed by atoms with van der Waals surface area (Å²) in [4.78, 5) is 21.2. The molecule has 1 aliphatic rings. The predicted octanol–water partition coefficient (Wildman–Crippen LogP) is 2.39. The molecule has 1 aliphatic heterocycles. The van der Waals surface area contributed by atoms with Crippen molar-refractivity contribution in [2.24, 2.45) is 0 Å². The van der Waals surface area contributed by atoms with E-state index in [2.05, 4.69) is 27.1 Å².